The molecular weight excluding hydrogens is 445 g/mol. The zero-order chi connectivity index (χ0) is 21.6. The van der Waals surface area contributed by atoms with Crippen LogP contribution >= 0.6 is 0 Å². The predicted molar refractivity (Wildman–Crippen MR) is 110 cm³/mol. The van der Waals surface area contributed by atoms with E-state index in [-0.39, 0.29) is 39.9 Å². The van der Waals surface area contributed by atoms with Gasteiger partial charge in [-0.2, -0.15) is 0 Å². The van der Waals surface area contributed by atoms with Crippen molar-refractivity contribution in [2.75, 3.05) is 12.5 Å². The maximum atomic E-state index is 11.4. The van der Waals surface area contributed by atoms with E-state index in [0.717, 1.165) is 0 Å². The summed E-state index contributed by atoms with van der Waals surface area (Å²) in [5.41, 5.74) is 1.04. The Labute approximate surface area is 188 Å². The van der Waals surface area contributed by atoms with E-state index in [0.29, 0.717) is 17.5 Å². The van der Waals surface area contributed by atoms with Crippen LogP contribution in [0.2, 0.25) is 0 Å². The molecule has 3 rings (SSSR count). The summed E-state index contributed by atoms with van der Waals surface area (Å²) in [6.45, 7) is 0. The SMILES string of the molecule is CS(C)=O.O=Cc1ccccc1[O-].[Mn+3].[O-]c1ccccc1C=Nc1ccccc1[O-]. The molecule has 0 aromatic heterocycles. The zero-order valence-electron chi connectivity index (χ0n) is 16.4. The van der Waals surface area contributed by atoms with Crippen LogP contribution in [0.15, 0.2) is 77.8 Å². The minimum Gasteiger partial charge on any atom is -0.872 e. The standard InChI is InChI=1S/C13H11NO2.C7H6O2.C2H6OS.Mn/c15-12-7-3-1-5-10(12)9-14-11-6-2-4-8-13(11)16;8-5-6-3-1-2-4-7(6)9;1-4(2)3;/h1-9,15-16H;1-5,9H;1-2H3;/q;;;+3/p-3. The van der Waals surface area contributed by atoms with Crippen molar-refractivity contribution in [3.63, 3.8) is 0 Å². The van der Waals surface area contributed by atoms with Crippen molar-refractivity contribution in [2.45, 2.75) is 0 Å². The Bertz CT molecular complexity index is 928. The normalized spacial score (nSPS) is 9.57. The monoisotopic (exact) mass is 465 g/mol. The fourth-order valence-corrected chi connectivity index (χ4v) is 1.87. The molecule has 0 saturated heterocycles. The molecule has 0 unspecified atom stereocenters. The van der Waals surface area contributed by atoms with Crippen LogP contribution in [0, 0.1) is 0 Å². The first-order valence-electron chi connectivity index (χ1n) is 8.37. The third-order valence-corrected chi connectivity index (χ3v) is 3.17. The van der Waals surface area contributed by atoms with Crippen LogP contribution in [0.3, 0.4) is 0 Å². The fraction of sp³-hybridized carbons (Fsp3) is 0.0909. The summed E-state index contributed by atoms with van der Waals surface area (Å²) in [7, 11) is -0.611. The van der Waals surface area contributed by atoms with Gasteiger partial charge in [0.2, 0.25) is 0 Å². The van der Waals surface area contributed by atoms with E-state index in [9.17, 15) is 24.3 Å². The Morgan fingerprint density at radius 3 is 1.53 bits per heavy atom. The molecule has 0 amide bonds. The third-order valence-electron chi connectivity index (χ3n) is 3.17. The number of aliphatic imine (C=N–C) groups is 1. The van der Waals surface area contributed by atoms with E-state index in [2.05, 4.69) is 4.99 Å². The van der Waals surface area contributed by atoms with Gasteiger partial charge >= 0.3 is 17.1 Å². The Morgan fingerprint density at radius 1 is 0.733 bits per heavy atom. The molecule has 0 atom stereocenters. The Balaban J connectivity index is 0.000000510. The van der Waals surface area contributed by atoms with Gasteiger partial charge in [0.1, 0.15) is 6.29 Å². The maximum Gasteiger partial charge on any atom is 3.00 e. The average molecular weight is 465 g/mol. The van der Waals surface area contributed by atoms with E-state index < -0.39 is 10.8 Å². The number of aldehydes is 1. The van der Waals surface area contributed by atoms with E-state index >= 15 is 0 Å². The van der Waals surface area contributed by atoms with Crippen LogP contribution in [-0.2, 0) is 27.9 Å². The molecule has 8 heteroatoms. The fourth-order valence-electron chi connectivity index (χ4n) is 1.87. The van der Waals surface area contributed by atoms with Gasteiger partial charge in [0.15, 0.2) is 0 Å². The van der Waals surface area contributed by atoms with Crippen molar-refractivity contribution < 1.29 is 41.4 Å². The van der Waals surface area contributed by atoms with Gasteiger partial charge in [0.05, 0.1) is 5.69 Å². The second-order valence-corrected chi connectivity index (χ2v) is 7.14. The average Bonchev–Trinajstić information content (AvgIpc) is 2.69. The molecule has 6 nitrogen and oxygen atoms in total. The van der Waals surface area contributed by atoms with E-state index in [4.69, 9.17) is 0 Å². The summed E-state index contributed by atoms with van der Waals surface area (Å²) in [5, 5.41) is 33.3. The number of carbonyl (C=O) groups is 1. The molecule has 0 bridgehead atoms. The van der Waals surface area contributed by atoms with Crippen molar-refractivity contribution in [3.8, 4) is 17.2 Å². The minimum atomic E-state index is -0.611. The largest absolute Gasteiger partial charge is 3.00 e. The molecule has 0 aliphatic carbocycles. The van der Waals surface area contributed by atoms with Crippen molar-refractivity contribution in [1.82, 2.24) is 0 Å². The molecule has 0 aliphatic rings. The Morgan fingerprint density at radius 2 is 1.13 bits per heavy atom. The second kappa shape index (κ2) is 15.0. The number of rotatable bonds is 3. The van der Waals surface area contributed by atoms with Crippen LogP contribution in [0.5, 0.6) is 17.2 Å². The van der Waals surface area contributed by atoms with E-state index in [1.165, 1.54) is 30.5 Å². The molecule has 0 radical (unpaired) electrons. The molecular formula is C22H20MnNO5S. The Hall–Kier alpha value is -2.93. The van der Waals surface area contributed by atoms with Crippen LogP contribution in [0.1, 0.15) is 15.9 Å². The van der Waals surface area contributed by atoms with Gasteiger partial charge in [0, 0.05) is 35.1 Å². The minimum absolute atomic E-state index is 0. The van der Waals surface area contributed by atoms with Crippen molar-refractivity contribution in [3.05, 3.63) is 83.9 Å². The summed E-state index contributed by atoms with van der Waals surface area (Å²) in [5.74, 6) is -0.468. The van der Waals surface area contributed by atoms with Crippen LogP contribution in [0.4, 0.5) is 5.69 Å². The number of benzene rings is 3. The van der Waals surface area contributed by atoms with Crippen LogP contribution < -0.4 is 15.3 Å². The summed E-state index contributed by atoms with van der Waals surface area (Å²) >= 11 is 0. The molecule has 0 spiro atoms. The maximum absolute atomic E-state index is 11.4. The van der Waals surface area contributed by atoms with Gasteiger partial charge in [-0.25, -0.2) is 0 Å². The van der Waals surface area contributed by atoms with Gasteiger partial charge in [-0.1, -0.05) is 78.2 Å². The smallest absolute Gasteiger partial charge is 0.872 e. The molecule has 3 aromatic carbocycles. The first kappa shape index (κ1) is 27.1. The number of hydrogen-bond acceptors (Lipinski definition) is 6. The Kier molecular flexibility index (Phi) is 13.5. The summed E-state index contributed by atoms with van der Waals surface area (Å²) in [4.78, 5) is 14.0. The quantitative estimate of drug-likeness (QED) is 0.334. The van der Waals surface area contributed by atoms with E-state index in [1.807, 2.05) is 0 Å². The van der Waals surface area contributed by atoms with E-state index in [1.54, 1.807) is 61.0 Å². The summed E-state index contributed by atoms with van der Waals surface area (Å²) in [6, 6.07) is 19.1. The van der Waals surface area contributed by atoms with Gasteiger partial charge in [-0.3, -0.25) is 14.0 Å². The molecule has 30 heavy (non-hydrogen) atoms. The molecule has 156 valence electrons. The van der Waals surface area contributed by atoms with Gasteiger partial charge in [0.25, 0.3) is 0 Å². The number of carbonyl (C=O) groups excluding carboxylic acids is 1. The number of para-hydroxylation sites is 4. The topological polar surface area (TPSA) is 116 Å². The molecule has 0 aliphatic heterocycles. The first-order valence-corrected chi connectivity index (χ1v) is 10.3. The van der Waals surface area contributed by atoms with Gasteiger partial charge in [-0.05, 0) is 11.6 Å². The van der Waals surface area contributed by atoms with Gasteiger partial charge in [-0.15, -0.1) is 5.75 Å². The second-order valence-electron chi connectivity index (χ2n) is 5.66. The van der Waals surface area contributed by atoms with Crippen molar-refractivity contribution >= 4 is 29.0 Å². The number of nitrogens with zero attached hydrogens (tertiary/aromatic N) is 1. The third kappa shape index (κ3) is 10.6. The predicted octanol–water partition coefficient (Wildman–Crippen LogP) is 2.15. The van der Waals surface area contributed by atoms with Crippen LogP contribution in [0.25, 0.3) is 0 Å². The molecule has 0 heterocycles. The molecule has 0 N–H and O–H groups in total. The number of hydrogen-bond donors (Lipinski definition) is 0. The zero-order valence-corrected chi connectivity index (χ0v) is 18.4. The van der Waals surface area contributed by atoms with Gasteiger partial charge < -0.3 is 15.3 Å². The molecule has 3 aromatic rings. The summed E-state index contributed by atoms with van der Waals surface area (Å²) in [6.07, 6.45) is 5.25. The first-order chi connectivity index (χ1) is 13.8. The van der Waals surface area contributed by atoms with Crippen LogP contribution in [-0.4, -0.2) is 29.2 Å². The summed E-state index contributed by atoms with van der Waals surface area (Å²) < 4.78 is 9.56. The molecule has 0 fully saturated rings. The van der Waals surface area contributed by atoms with Crippen molar-refractivity contribution in [1.29, 1.82) is 0 Å². The molecule has 0 saturated carbocycles. The van der Waals surface area contributed by atoms with Crippen molar-refractivity contribution in [2.24, 2.45) is 4.99 Å².